The first-order valence-corrected chi connectivity index (χ1v) is 11.7. The van der Waals surface area contributed by atoms with Crippen LogP contribution in [0.25, 0.3) is 11.1 Å². The minimum atomic E-state index is -0.731. The van der Waals surface area contributed by atoms with Gasteiger partial charge in [-0.15, -0.1) is 0 Å². The van der Waals surface area contributed by atoms with Gasteiger partial charge in [-0.3, -0.25) is 9.69 Å². The van der Waals surface area contributed by atoms with Crippen molar-refractivity contribution in [1.29, 1.82) is 0 Å². The smallest absolute Gasteiger partial charge is 0.378 e. The van der Waals surface area contributed by atoms with E-state index >= 15 is 0 Å². The van der Waals surface area contributed by atoms with Gasteiger partial charge in [0.25, 0.3) is 5.76 Å². The third-order valence-corrected chi connectivity index (χ3v) is 7.69. The van der Waals surface area contributed by atoms with Crippen LogP contribution in [-0.4, -0.2) is 53.1 Å². The Labute approximate surface area is 187 Å². The molecule has 2 aromatic heterocycles. The molecule has 3 unspecified atom stereocenters. The molecule has 4 heterocycles. The minimum Gasteiger partial charge on any atom is -0.491 e. The fourth-order valence-electron chi connectivity index (χ4n) is 6.14. The Morgan fingerprint density at radius 2 is 2.09 bits per heavy atom. The fraction of sp³-hybridized carbons (Fsp3) is 0.625. The lowest BCUT2D eigenvalue weighted by atomic mass is 9.82. The second-order valence-corrected chi connectivity index (χ2v) is 9.53. The molecule has 32 heavy (non-hydrogen) atoms. The lowest BCUT2D eigenvalue weighted by Crippen LogP contribution is -2.62. The molecule has 0 spiro atoms. The number of aromatic nitrogens is 1. The summed E-state index contributed by atoms with van der Waals surface area (Å²) in [5.41, 5.74) is 6.19. The molecule has 2 bridgehead atoms. The van der Waals surface area contributed by atoms with E-state index in [2.05, 4.69) is 9.88 Å². The van der Waals surface area contributed by atoms with E-state index in [0.717, 1.165) is 19.4 Å². The van der Waals surface area contributed by atoms with Gasteiger partial charge in [0.2, 0.25) is 5.91 Å². The lowest BCUT2D eigenvalue weighted by molar-refractivity contribution is -0.136. The summed E-state index contributed by atoms with van der Waals surface area (Å²) >= 11 is 0. The zero-order chi connectivity index (χ0) is 22.3. The number of amides is 1. The van der Waals surface area contributed by atoms with Gasteiger partial charge < -0.3 is 19.6 Å². The third-order valence-electron chi connectivity index (χ3n) is 7.69. The molecule has 0 radical (unpaired) electrons. The lowest BCUT2D eigenvalue weighted by Gasteiger charge is -2.47. The van der Waals surface area contributed by atoms with Crippen LogP contribution in [0.3, 0.4) is 0 Å². The molecular weight excluding hydrogens is 410 g/mol. The van der Waals surface area contributed by atoms with Crippen LogP contribution < -0.4 is 10.5 Å². The molecule has 3 aliphatic rings. The third kappa shape index (κ3) is 3.54. The first-order valence-electron chi connectivity index (χ1n) is 11.7. The number of carbonyl (C=O) groups is 2. The average molecular weight is 442 g/mol. The van der Waals surface area contributed by atoms with E-state index in [1.807, 2.05) is 0 Å². The molecule has 172 valence electrons. The van der Waals surface area contributed by atoms with E-state index in [1.165, 1.54) is 39.2 Å². The van der Waals surface area contributed by atoms with Gasteiger partial charge in [0.15, 0.2) is 16.8 Å². The monoisotopic (exact) mass is 441 g/mol. The molecule has 2 saturated heterocycles. The number of methoxy groups -OCH3 is 1. The summed E-state index contributed by atoms with van der Waals surface area (Å²) in [4.78, 5) is 32.3. The number of pyridine rings is 1. The van der Waals surface area contributed by atoms with Crippen molar-refractivity contribution in [3.05, 3.63) is 24.1 Å². The quantitative estimate of drug-likeness (QED) is 0.684. The number of ether oxygens (including phenoxy) is 2. The molecule has 3 fully saturated rings. The maximum Gasteiger partial charge on any atom is 0.378 e. The van der Waals surface area contributed by atoms with Gasteiger partial charge in [-0.25, -0.2) is 9.78 Å². The Morgan fingerprint density at radius 1 is 1.28 bits per heavy atom. The molecule has 3 atom stereocenters. The number of fused-ring (bicyclic) bond motifs is 3. The van der Waals surface area contributed by atoms with Crippen LogP contribution in [0.2, 0.25) is 0 Å². The van der Waals surface area contributed by atoms with Crippen molar-refractivity contribution in [3.63, 3.8) is 0 Å². The predicted octanol–water partition coefficient (Wildman–Crippen LogP) is 3.42. The standard InChI is InChI=1S/C24H31N3O5/c1-30-20-19-18(8-5-11-26-19)32-21(20)22(28)31-17-12-16-9-10-24(13-17,23(25)29)27(16)14-15-6-3-2-4-7-15/h5,8,11,15-17H,2-4,6-7,9-10,12-14H2,1H3,(H2,25,29). The highest BCUT2D eigenvalue weighted by Crippen LogP contribution is 2.46. The van der Waals surface area contributed by atoms with E-state index in [-0.39, 0.29) is 23.5 Å². The number of hydrogen-bond donors (Lipinski definition) is 1. The van der Waals surface area contributed by atoms with Crippen LogP contribution in [-0.2, 0) is 9.53 Å². The second-order valence-electron chi connectivity index (χ2n) is 9.53. The average Bonchev–Trinajstić information content (AvgIpc) is 3.27. The molecule has 2 aromatic rings. The van der Waals surface area contributed by atoms with Gasteiger partial charge in [0, 0.05) is 31.6 Å². The van der Waals surface area contributed by atoms with Crippen LogP contribution in [0, 0.1) is 5.92 Å². The normalized spacial score (nSPS) is 28.7. The SMILES string of the molecule is COc1c(C(=O)OC2CC3CCC(C(N)=O)(C2)N3CC2CCCCC2)oc2cccnc12. The van der Waals surface area contributed by atoms with Crippen LogP contribution >= 0.6 is 0 Å². The summed E-state index contributed by atoms with van der Waals surface area (Å²) in [6.45, 7) is 0.914. The van der Waals surface area contributed by atoms with Gasteiger partial charge in [0.05, 0.1) is 7.11 Å². The largest absolute Gasteiger partial charge is 0.491 e. The summed E-state index contributed by atoms with van der Waals surface area (Å²) < 4.78 is 16.9. The van der Waals surface area contributed by atoms with Crippen molar-refractivity contribution >= 4 is 23.0 Å². The Balaban J connectivity index is 1.34. The number of rotatable bonds is 6. The molecule has 8 nitrogen and oxygen atoms in total. The van der Waals surface area contributed by atoms with Crippen molar-refractivity contribution in [2.45, 2.75) is 75.5 Å². The Hall–Kier alpha value is -2.61. The summed E-state index contributed by atoms with van der Waals surface area (Å²) in [7, 11) is 1.47. The number of furan rings is 1. The van der Waals surface area contributed by atoms with Gasteiger partial charge >= 0.3 is 5.97 Å². The number of nitrogens with zero attached hydrogens (tertiary/aromatic N) is 2. The van der Waals surface area contributed by atoms with Gasteiger partial charge in [0.1, 0.15) is 11.6 Å². The van der Waals surface area contributed by atoms with E-state index < -0.39 is 17.6 Å². The number of esters is 1. The molecule has 2 aliphatic heterocycles. The highest BCUT2D eigenvalue weighted by molar-refractivity contribution is 5.97. The summed E-state index contributed by atoms with van der Waals surface area (Å²) in [5, 5.41) is 0. The van der Waals surface area contributed by atoms with Crippen LogP contribution in [0.5, 0.6) is 5.75 Å². The first kappa shape index (κ1) is 21.2. The predicted molar refractivity (Wildman–Crippen MR) is 117 cm³/mol. The molecular formula is C24H31N3O5. The van der Waals surface area contributed by atoms with Crippen LogP contribution in [0.4, 0.5) is 0 Å². The summed E-state index contributed by atoms with van der Waals surface area (Å²) in [5.74, 6) is 0.000361. The van der Waals surface area contributed by atoms with E-state index in [1.54, 1.807) is 18.3 Å². The van der Waals surface area contributed by atoms with Crippen molar-refractivity contribution < 1.29 is 23.5 Å². The Morgan fingerprint density at radius 3 is 2.84 bits per heavy atom. The molecule has 2 N–H and O–H groups in total. The fourth-order valence-corrected chi connectivity index (χ4v) is 6.14. The highest BCUT2D eigenvalue weighted by atomic mass is 16.6. The minimum absolute atomic E-state index is 0.00584. The van der Waals surface area contributed by atoms with Gasteiger partial charge in [-0.1, -0.05) is 19.3 Å². The Kier molecular flexibility index (Phi) is 5.57. The number of carbonyl (C=O) groups excluding carboxylic acids is 2. The second kappa shape index (κ2) is 8.39. The number of primary amides is 1. The number of piperidine rings is 1. The van der Waals surface area contributed by atoms with Crippen LogP contribution in [0.1, 0.15) is 68.3 Å². The molecule has 1 saturated carbocycles. The molecule has 5 rings (SSSR count). The molecule has 0 aromatic carbocycles. The molecule has 1 amide bonds. The summed E-state index contributed by atoms with van der Waals surface area (Å²) in [6.07, 6.45) is 10.3. The van der Waals surface area contributed by atoms with Crippen molar-refractivity contribution in [3.8, 4) is 5.75 Å². The van der Waals surface area contributed by atoms with E-state index in [0.29, 0.717) is 29.9 Å². The van der Waals surface area contributed by atoms with Crippen LogP contribution in [0.15, 0.2) is 22.7 Å². The van der Waals surface area contributed by atoms with Crippen molar-refractivity contribution in [1.82, 2.24) is 9.88 Å². The first-order chi connectivity index (χ1) is 15.5. The maximum absolute atomic E-state index is 13.0. The Bertz CT molecular complexity index is 1010. The maximum atomic E-state index is 13.0. The molecule has 1 aliphatic carbocycles. The number of nitrogens with two attached hydrogens (primary N) is 1. The zero-order valence-electron chi connectivity index (χ0n) is 18.5. The van der Waals surface area contributed by atoms with E-state index in [4.69, 9.17) is 19.6 Å². The van der Waals surface area contributed by atoms with Gasteiger partial charge in [-0.2, -0.15) is 0 Å². The highest BCUT2D eigenvalue weighted by Gasteiger charge is 2.56. The topological polar surface area (TPSA) is 108 Å². The van der Waals surface area contributed by atoms with Gasteiger partial charge in [-0.05, 0) is 43.7 Å². The summed E-state index contributed by atoms with van der Waals surface area (Å²) in [6, 6.07) is 3.67. The number of hydrogen-bond acceptors (Lipinski definition) is 7. The van der Waals surface area contributed by atoms with Crippen molar-refractivity contribution in [2.24, 2.45) is 11.7 Å². The van der Waals surface area contributed by atoms with Crippen molar-refractivity contribution in [2.75, 3.05) is 13.7 Å². The zero-order valence-corrected chi connectivity index (χ0v) is 18.5. The van der Waals surface area contributed by atoms with E-state index in [9.17, 15) is 9.59 Å². The molecule has 8 heteroatoms.